The first-order valence-electron chi connectivity index (χ1n) is 8.20. The maximum atomic E-state index is 12.2. The van der Waals surface area contributed by atoms with Crippen LogP contribution in [0.4, 0.5) is 0 Å². The van der Waals surface area contributed by atoms with Gasteiger partial charge in [0, 0.05) is 19.7 Å². The second-order valence-electron chi connectivity index (χ2n) is 5.98. The lowest BCUT2D eigenvalue weighted by molar-refractivity contribution is -0.129. The molecule has 2 amide bonds. The van der Waals surface area contributed by atoms with Crippen LogP contribution in [-0.2, 0) is 11.3 Å². The highest BCUT2D eigenvalue weighted by Crippen LogP contribution is 2.30. The topological polar surface area (TPSA) is 101 Å². The summed E-state index contributed by atoms with van der Waals surface area (Å²) in [6, 6.07) is 1.53. The minimum Gasteiger partial charge on any atom is -0.345 e. The Morgan fingerprint density at radius 3 is 2.92 bits per heavy atom. The van der Waals surface area contributed by atoms with E-state index >= 15 is 0 Å². The van der Waals surface area contributed by atoms with E-state index in [0.717, 1.165) is 25.1 Å². The quantitative estimate of drug-likeness (QED) is 0.897. The minimum absolute atomic E-state index is 0.0369. The third kappa shape index (κ3) is 3.96. The van der Waals surface area contributed by atoms with E-state index < -0.39 is 0 Å². The minimum atomic E-state index is -0.288. The number of rotatable bonds is 4. The fraction of sp³-hybridized carbons (Fsp3) is 0.412. The highest BCUT2D eigenvalue weighted by atomic mass is 16.2. The first-order valence-corrected chi connectivity index (χ1v) is 8.20. The number of aryl methyl sites for hydroxylation is 1. The molecular formula is C17H20N6O2. The molecule has 1 aliphatic heterocycles. The van der Waals surface area contributed by atoms with Crippen LogP contribution in [0.3, 0.4) is 0 Å². The van der Waals surface area contributed by atoms with E-state index in [1.54, 1.807) is 38.5 Å². The van der Waals surface area contributed by atoms with Crippen molar-refractivity contribution in [3.63, 3.8) is 0 Å². The smallest absolute Gasteiger partial charge is 0.270 e. The van der Waals surface area contributed by atoms with Gasteiger partial charge in [0.2, 0.25) is 5.91 Å². The largest absolute Gasteiger partial charge is 0.345 e. The Balaban J connectivity index is 1.68. The summed E-state index contributed by atoms with van der Waals surface area (Å²) in [5.74, 6) is 0.297. The molecule has 8 heteroatoms. The Kier molecular flexibility index (Phi) is 4.97. The van der Waals surface area contributed by atoms with Crippen LogP contribution in [0.5, 0.6) is 0 Å². The van der Waals surface area contributed by atoms with E-state index in [-0.39, 0.29) is 24.4 Å². The predicted molar refractivity (Wildman–Crippen MR) is 89.3 cm³/mol. The van der Waals surface area contributed by atoms with Crippen LogP contribution >= 0.6 is 0 Å². The van der Waals surface area contributed by atoms with Gasteiger partial charge in [-0.05, 0) is 25.8 Å². The van der Waals surface area contributed by atoms with Crippen LogP contribution < -0.4 is 5.32 Å². The lowest BCUT2D eigenvalue weighted by Crippen LogP contribution is -2.29. The fourth-order valence-corrected chi connectivity index (χ4v) is 2.96. The Labute approximate surface area is 145 Å². The molecule has 1 fully saturated rings. The Hall–Kier alpha value is -2.90. The molecule has 1 saturated heterocycles. The van der Waals surface area contributed by atoms with Gasteiger partial charge >= 0.3 is 0 Å². The molecule has 130 valence electrons. The van der Waals surface area contributed by atoms with Crippen molar-refractivity contribution < 1.29 is 9.59 Å². The van der Waals surface area contributed by atoms with Crippen molar-refractivity contribution in [1.82, 2.24) is 30.2 Å². The SMILES string of the molecule is CC(=O)N1CCCC1c1cncc(CNC(=O)c2ccnc(C)n2)n1. The average Bonchev–Trinajstić information content (AvgIpc) is 3.10. The number of hydrogen-bond acceptors (Lipinski definition) is 6. The molecule has 25 heavy (non-hydrogen) atoms. The van der Waals surface area contributed by atoms with Crippen LogP contribution in [0, 0.1) is 6.92 Å². The maximum absolute atomic E-state index is 12.2. The molecule has 1 aliphatic rings. The van der Waals surface area contributed by atoms with Crippen LogP contribution in [0.15, 0.2) is 24.7 Å². The second kappa shape index (κ2) is 7.33. The predicted octanol–water partition coefficient (Wildman–Crippen LogP) is 1.19. The van der Waals surface area contributed by atoms with Gasteiger partial charge in [0.15, 0.2) is 0 Å². The van der Waals surface area contributed by atoms with Crippen molar-refractivity contribution in [2.45, 2.75) is 39.3 Å². The monoisotopic (exact) mass is 340 g/mol. The van der Waals surface area contributed by atoms with E-state index in [1.807, 2.05) is 4.90 Å². The average molecular weight is 340 g/mol. The van der Waals surface area contributed by atoms with Crippen LogP contribution in [0.1, 0.15) is 53.5 Å². The van der Waals surface area contributed by atoms with E-state index in [4.69, 9.17) is 0 Å². The summed E-state index contributed by atoms with van der Waals surface area (Å²) in [6.45, 7) is 4.29. The summed E-state index contributed by atoms with van der Waals surface area (Å²) in [5, 5.41) is 2.78. The van der Waals surface area contributed by atoms with Crippen molar-refractivity contribution >= 4 is 11.8 Å². The van der Waals surface area contributed by atoms with Gasteiger partial charge < -0.3 is 10.2 Å². The molecule has 0 saturated carbocycles. The molecule has 1 atom stereocenters. The molecule has 1 N–H and O–H groups in total. The summed E-state index contributed by atoms with van der Waals surface area (Å²) in [4.78, 5) is 42.5. The lowest BCUT2D eigenvalue weighted by atomic mass is 10.1. The van der Waals surface area contributed by atoms with Gasteiger partial charge in [-0.25, -0.2) is 9.97 Å². The normalized spacial score (nSPS) is 16.7. The molecule has 0 aromatic carbocycles. The third-order valence-electron chi connectivity index (χ3n) is 4.14. The molecule has 2 aromatic rings. The van der Waals surface area contributed by atoms with E-state index in [0.29, 0.717) is 17.2 Å². The second-order valence-corrected chi connectivity index (χ2v) is 5.98. The van der Waals surface area contributed by atoms with Crippen molar-refractivity contribution in [3.8, 4) is 0 Å². The number of hydrogen-bond donors (Lipinski definition) is 1. The van der Waals surface area contributed by atoms with Gasteiger partial charge in [-0.3, -0.25) is 19.6 Å². The molecule has 2 aromatic heterocycles. The number of likely N-dealkylation sites (tertiary alicyclic amines) is 1. The van der Waals surface area contributed by atoms with E-state index in [1.165, 1.54) is 0 Å². The van der Waals surface area contributed by atoms with Crippen molar-refractivity contribution in [2.24, 2.45) is 0 Å². The number of carbonyl (C=O) groups is 2. The third-order valence-corrected chi connectivity index (χ3v) is 4.14. The Morgan fingerprint density at radius 1 is 1.32 bits per heavy atom. The summed E-state index contributed by atoms with van der Waals surface area (Å²) in [5.41, 5.74) is 1.72. The van der Waals surface area contributed by atoms with E-state index in [9.17, 15) is 9.59 Å². The zero-order valence-corrected chi connectivity index (χ0v) is 14.3. The van der Waals surface area contributed by atoms with Crippen molar-refractivity contribution in [3.05, 3.63) is 47.6 Å². The van der Waals surface area contributed by atoms with Crippen molar-refractivity contribution in [2.75, 3.05) is 6.54 Å². The number of nitrogens with zero attached hydrogens (tertiary/aromatic N) is 5. The van der Waals surface area contributed by atoms with Crippen LogP contribution in [-0.4, -0.2) is 43.2 Å². The Morgan fingerprint density at radius 2 is 2.16 bits per heavy atom. The van der Waals surface area contributed by atoms with Crippen molar-refractivity contribution in [1.29, 1.82) is 0 Å². The van der Waals surface area contributed by atoms with E-state index in [2.05, 4.69) is 25.3 Å². The highest BCUT2D eigenvalue weighted by Gasteiger charge is 2.29. The number of amides is 2. The summed E-state index contributed by atoms with van der Waals surface area (Å²) in [6.07, 6.45) is 6.69. The molecule has 0 aliphatic carbocycles. The molecule has 0 bridgehead atoms. The summed E-state index contributed by atoms with van der Waals surface area (Å²) >= 11 is 0. The standard InChI is InChI=1S/C17H20N6O2/c1-11-19-6-5-14(21-11)17(25)20-9-13-8-18-10-15(22-13)16-4-3-7-23(16)12(2)24/h5-6,8,10,16H,3-4,7,9H2,1-2H3,(H,20,25). The number of aromatic nitrogens is 4. The first-order chi connectivity index (χ1) is 12.0. The summed E-state index contributed by atoms with van der Waals surface area (Å²) < 4.78 is 0. The number of nitrogens with one attached hydrogen (secondary N) is 1. The molecule has 3 rings (SSSR count). The molecule has 3 heterocycles. The highest BCUT2D eigenvalue weighted by molar-refractivity contribution is 5.92. The van der Waals surface area contributed by atoms with Gasteiger partial charge in [0.1, 0.15) is 11.5 Å². The summed E-state index contributed by atoms with van der Waals surface area (Å²) in [7, 11) is 0. The molecule has 8 nitrogen and oxygen atoms in total. The molecule has 0 spiro atoms. The number of carbonyl (C=O) groups excluding carboxylic acids is 2. The van der Waals surface area contributed by atoms with Gasteiger partial charge in [-0.1, -0.05) is 0 Å². The lowest BCUT2D eigenvalue weighted by Gasteiger charge is -2.22. The van der Waals surface area contributed by atoms with Crippen LogP contribution in [0.25, 0.3) is 0 Å². The molecular weight excluding hydrogens is 320 g/mol. The van der Waals surface area contributed by atoms with Gasteiger partial charge in [-0.2, -0.15) is 0 Å². The Bertz CT molecular complexity index is 794. The fourth-order valence-electron chi connectivity index (χ4n) is 2.96. The zero-order valence-electron chi connectivity index (χ0n) is 14.3. The zero-order chi connectivity index (χ0) is 17.8. The maximum Gasteiger partial charge on any atom is 0.270 e. The first kappa shape index (κ1) is 16.9. The van der Waals surface area contributed by atoms with Crippen LogP contribution in [0.2, 0.25) is 0 Å². The molecule has 0 radical (unpaired) electrons. The molecule has 1 unspecified atom stereocenters. The van der Waals surface area contributed by atoms with Gasteiger partial charge in [-0.15, -0.1) is 0 Å². The van der Waals surface area contributed by atoms with Gasteiger partial charge in [0.05, 0.1) is 36.4 Å². The van der Waals surface area contributed by atoms with Gasteiger partial charge in [0.25, 0.3) is 5.91 Å².